The summed E-state index contributed by atoms with van der Waals surface area (Å²) in [6.45, 7) is 0. The Bertz CT molecular complexity index is 1010. The lowest BCUT2D eigenvalue weighted by Gasteiger charge is -2.18. The molecule has 0 atom stereocenters. The molecule has 0 unspecified atom stereocenters. The predicted octanol–water partition coefficient (Wildman–Crippen LogP) is 2.37. The highest BCUT2D eigenvalue weighted by molar-refractivity contribution is 7.89. The number of nitrogens with two attached hydrogens (primary N) is 1. The Labute approximate surface area is 149 Å². The van der Waals surface area contributed by atoms with Gasteiger partial charge in [-0.2, -0.15) is 0 Å². The average molecular weight is 374 g/mol. The van der Waals surface area contributed by atoms with Crippen LogP contribution in [-0.4, -0.2) is 20.1 Å². The molecule has 0 aromatic heterocycles. The molecule has 1 fully saturated rings. The van der Waals surface area contributed by atoms with Gasteiger partial charge in [-0.05, 0) is 42.8 Å². The zero-order chi connectivity index (χ0) is 18.9. The number of sulfonamides is 1. The number of nitrogens with zero attached hydrogens (tertiary/aromatic N) is 1. The Balaban J connectivity index is 1.93. The second-order valence-electron chi connectivity index (χ2n) is 5.78. The fourth-order valence-electron chi connectivity index (χ4n) is 2.73. The van der Waals surface area contributed by atoms with Gasteiger partial charge in [0.15, 0.2) is 5.78 Å². The molecule has 0 bridgehead atoms. The molecule has 8 heteroatoms. The van der Waals surface area contributed by atoms with Crippen molar-refractivity contribution in [3.8, 4) is 0 Å². The highest BCUT2D eigenvalue weighted by atomic mass is 32.2. The third-order valence-corrected chi connectivity index (χ3v) is 4.89. The van der Waals surface area contributed by atoms with Gasteiger partial charge in [-0.3, -0.25) is 14.5 Å². The SMILES string of the molecule is NS(=O)(=O)c1ccc(N2C(=O)CC/C2=C\C(=O)c2cccc(F)c2)cc1. The van der Waals surface area contributed by atoms with Gasteiger partial charge >= 0.3 is 0 Å². The molecule has 0 aliphatic carbocycles. The minimum atomic E-state index is -3.84. The Hall–Kier alpha value is -2.84. The number of hydrogen-bond donors (Lipinski definition) is 1. The maximum Gasteiger partial charge on any atom is 0.238 e. The van der Waals surface area contributed by atoms with Crippen LogP contribution in [0.4, 0.5) is 10.1 Å². The second-order valence-corrected chi connectivity index (χ2v) is 7.34. The topological polar surface area (TPSA) is 97.5 Å². The van der Waals surface area contributed by atoms with Crippen LogP contribution in [0.15, 0.2) is 65.2 Å². The summed E-state index contributed by atoms with van der Waals surface area (Å²) in [5.41, 5.74) is 1.08. The number of ketones is 1. The number of hydrogen-bond acceptors (Lipinski definition) is 4. The molecule has 2 aromatic rings. The number of rotatable bonds is 4. The van der Waals surface area contributed by atoms with E-state index < -0.39 is 21.6 Å². The number of carbonyl (C=O) groups excluding carboxylic acids is 2. The van der Waals surface area contributed by atoms with E-state index >= 15 is 0 Å². The van der Waals surface area contributed by atoms with Gasteiger partial charge in [0.1, 0.15) is 5.82 Å². The van der Waals surface area contributed by atoms with E-state index in [9.17, 15) is 22.4 Å². The van der Waals surface area contributed by atoms with Crippen LogP contribution in [0, 0.1) is 5.82 Å². The van der Waals surface area contributed by atoms with E-state index in [1.165, 1.54) is 53.4 Å². The molecule has 2 aromatic carbocycles. The van der Waals surface area contributed by atoms with E-state index in [2.05, 4.69) is 0 Å². The summed E-state index contributed by atoms with van der Waals surface area (Å²) in [5.74, 6) is -1.15. The Morgan fingerprint density at radius 3 is 2.42 bits per heavy atom. The first-order chi connectivity index (χ1) is 12.3. The van der Waals surface area contributed by atoms with Crippen LogP contribution in [0.1, 0.15) is 23.2 Å². The van der Waals surface area contributed by atoms with Gasteiger partial charge in [0, 0.05) is 29.4 Å². The number of allylic oxidation sites excluding steroid dienone is 2. The minimum Gasteiger partial charge on any atom is -0.289 e. The predicted molar refractivity (Wildman–Crippen MR) is 93.3 cm³/mol. The lowest BCUT2D eigenvalue weighted by Crippen LogP contribution is -2.23. The summed E-state index contributed by atoms with van der Waals surface area (Å²) in [6.07, 6.45) is 1.88. The van der Waals surface area contributed by atoms with Crippen LogP contribution in [-0.2, 0) is 14.8 Å². The normalized spacial score (nSPS) is 16.3. The molecule has 1 heterocycles. The molecular formula is C18H15FN2O4S. The van der Waals surface area contributed by atoms with Crippen LogP contribution in [0.3, 0.4) is 0 Å². The first kappa shape index (κ1) is 18.0. The van der Waals surface area contributed by atoms with Crippen molar-refractivity contribution >= 4 is 27.4 Å². The van der Waals surface area contributed by atoms with Crippen LogP contribution in [0.25, 0.3) is 0 Å². The fraction of sp³-hybridized carbons (Fsp3) is 0.111. The Kier molecular flexibility index (Phi) is 4.71. The highest BCUT2D eigenvalue weighted by Gasteiger charge is 2.28. The van der Waals surface area contributed by atoms with Crippen LogP contribution < -0.4 is 10.0 Å². The fourth-order valence-corrected chi connectivity index (χ4v) is 3.24. The molecule has 1 aliphatic rings. The third kappa shape index (κ3) is 3.71. The zero-order valence-electron chi connectivity index (χ0n) is 13.6. The standard InChI is InChI=1S/C18H15FN2O4S/c19-13-3-1-2-12(10-13)17(22)11-15-6-9-18(23)21(15)14-4-7-16(8-5-14)26(20,24)25/h1-5,7-8,10-11H,6,9H2,(H2,20,24,25)/b15-11+. The summed E-state index contributed by atoms with van der Waals surface area (Å²) in [6, 6.07) is 10.8. The number of halogens is 1. The van der Waals surface area contributed by atoms with Crippen molar-refractivity contribution in [3.63, 3.8) is 0 Å². The molecule has 0 spiro atoms. The van der Waals surface area contributed by atoms with Crippen molar-refractivity contribution in [2.75, 3.05) is 4.90 Å². The Morgan fingerprint density at radius 2 is 1.81 bits per heavy atom. The van der Waals surface area contributed by atoms with Crippen LogP contribution >= 0.6 is 0 Å². The van der Waals surface area contributed by atoms with E-state index in [1.54, 1.807) is 0 Å². The second kappa shape index (κ2) is 6.81. The molecule has 1 saturated heterocycles. The van der Waals surface area contributed by atoms with E-state index in [-0.39, 0.29) is 22.8 Å². The van der Waals surface area contributed by atoms with Crippen molar-refractivity contribution in [2.24, 2.45) is 5.14 Å². The first-order valence-corrected chi connectivity index (χ1v) is 9.26. The van der Waals surface area contributed by atoms with E-state index in [1.807, 2.05) is 0 Å². The molecule has 1 amide bonds. The van der Waals surface area contributed by atoms with Crippen LogP contribution in [0.2, 0.25) is 0 Å². The maximum atomic E-state index is 13.3. The van der Waals surface area contributed by atoms with E-state index in [0.29, 0.717) is 17.8 Å². The quantitative estimate of drug-likeness (QED) is 0.656. The van der Waals surface area contributed by atoms with Gasteiger partial charge < -0.3 is 0 Å². The number of amides is 1. The van der Waals surface area contributed by atoms with Crippen molar-refractivity contribution in [3.05, 3.63) is 71.7 Å². The summed E-state index contributed by atoms with van der Waals surface area (Å²) in [5, 5.41) is 5.06. The summed E-state index contributed by atoms with van der Waals surface area (Å²) < 4.78 is 36.0. The lowest BCUT2D eigenvalue weighted by molar-refractivity contribution is -0.116. The lowest BCUT2D eigenvalue weighted by atomic mass is 10.1. The average Bonchev–Trinajstić information content (AvgIpc) is 2.94. The van der Waals surface area contributed by atoms with Gasteiger partial charge in [0.2, 0.25) is 15.9 Å². The minimum absolute atomic E-state index is 0.0748. The molecule has 3 rings (SSSR count). The van der Waals surface area contributed by atoms with Gasteiger partial charge in [0.25, 0.3) is 0 Å². The monoisotopic (exact) mass is 374 g/mol. The molecular weight excluding hydrogens is 359 g/mol. The first-order valence-electron chi connectivity index (χ1n) is 7.72. The van der Waals surface area contributed by atoms with Gasteiger partial charge in [-0.25, -0.2) is 17.9 Å². The Morgan fingerprint density at radius 1 is 1.12 bits per heavy atom. The van der Waals surface area contributed by atoms with Crippen LogP contribution in [0.5, 0.6) is 0 Å². The van der Waals surface area contributed by atoms with E-state index in [4.69, 9.17) is 5.14 Å². The van der Waals surface area contributed by atoms with Gasteiger partial charge in [-0.1, -0.05) is 12.1 Å². The molecule has 1 aliphatic heterocycles. The maximum absolute atomic E-state index is 13.3. The third-order valence-electron chi connectivity index (χ3n) is 3.96. The van der Waals surface area contributed by atoms with Crippen molar-refractivity contribution in [1.82, 2.24) is 0 Å². The molecule has 6 nitrogen and oxygen atoms in total. The molecule has 0 radical (unpaired) electrons. The van der Waals surface area contributed by atoms with E-state index in [0.717, 1.165) is 6.07 Å². The molecule has 134 valence electrons. The summed E-state index contributed by atoms with van der Waals surface area (Å²) in [4.78, 5) is 25.8. The number of carbonyl (C=O) groups is 2. The highest BCUT2D eigenvalue weighted by Crippen LogP contribution is 2.30. The van der Waals surface area contributed by atoms with Crippen molar-refractivity contribution < 1.29 is 22.4 Å². The van der Waals surface area contributed by atoms with Gasteiger partial charge in [0.05, 0.1) is 4.90 Å². The van der Waals surface area contributed by atoms with Crippen molar-refractivity contribution in [1.29, 1.82) is 0 Å². The summed E-state index contributed by atoms with van der Waals surface area (Å²) >= 11 is 0. The number of primary sulfonamides is 1. The van der Waals surface area contributed by atoms with Crippen molar-refractivity contribution in [2.45, 2.75) is 17.7 Å². The smallest absolute Gasteiger partial charge is 0.238 e. The summed E-state index contributed by atoms with van der Waals surface area (Å²) in [7, 11) is -3.84. The zero-order valence-corrected chi connectivity index (χ0v) is 14.4. The molecule has 0 saturated carbocycles. The number of anilines is 1. The molecule has 2 N–H and O–H groups in total. The largest absolute Gasteiger partial charge is 0.289 e. The molecule has 26 heavy (non-hydrogen) atoms. The number of benzene rings is 2. The van der Waals surface area contributed by atoms with Gasteiger partial charge in [-0.15, -0.1) is 0 Å².